The summed E-state index contributed by atoms with van der Waals surface area (Å²) in [6, 6.07) is 15.2. The highest BCUT2D eigenvalue weighted by molar-refractivity contribution is 5.94. The molecule has 2 aromatic carbocycles. The average Bonchev–Trinajstić information content (AvgIpc) is 2.48. The van der Waals surface area contributed by atoms with Crippen LogP contribution in [0.3, 0.4) is 0 Å². The van der Waals surface area contributed by atoms with Crippen LogP contribution in [0.2, 0.25) is 0 Å². The normalized spacial score (nSPS) is 11.9. The number of hydrogen-bond acceptors (Lipinski definition) is 2. The van der Waals surface area contributed by atoms with Gasteiger partial charge in [0.25, 0.3) is 0 Å². The minimum absolute atomic E-state index is 0.160. The molecule has 0 fully saturated rings. The number of amides is 1. The van der Waals surface area contributed by atoms with Gasteiger partial charge >= 0.3 is 0 Å². The summed E-state index contributed by atoms with van der Waals surface area (Å²) in [7, 11) is 0. The SMILES string of the molecule is N[C@@H](CCc1ccccc1)C(=O)Nc1ccccc1F. The lowest BCUT2D eigenvalue weighted by molar-refractivity contribution is -0.117. The minimum atomic E-state index is -0.658. The first-order valence-electron chi connectivity index (χ1n) is 6.51. The highest BCUT2D eigenvalue weighted by Gasteiger charge is 2.14. The highest BCUT2D eigenvalue weighted by Crippen LogP contribution is 2.13. The average molecular weight is 272 g/mol. The molecule has 0 aliphatic carbocycles. The Hall–Kier alpha value is -2.20. The largest absolute Gasteiger partial charge is 0.322 e. The molecule has 3 nitrogen and oxygen atoms in total. The number of nitrogens with one attached hydrogen (secondary N) is 1. The number of hydrogen-bond donors (Lipinski definition) is 2. The molecule has 0 unspecified atom stereocenters. The van der Waals surface area contributed by atoms with E-state index in [4.69, 9.17) is 5.73 Å². The van der Waals surface area contributed by atoms with Crippen LogP contribution in [-0.4, -0.2) is 11.9 Å². The third-order valence-electron chi connectivity index (χ3n) is 3.06. The summed E-state index contributed by atoms with van der Waals surface area (Å²) in [4.78, 5) is 11.9. The zero-order valence-corrected chi connectivity index (χ0v) is 11.1. The first-order valence-corrected chi connectivity index (χ1v) is 6.51. The van der Waals surface area contributed by atoms with Gasteiger partial charge in [0.15, 0.2) is 0 Å². The molecule has 0 aliphatic heterocycles. The Labute approximate surface area is 117 Å². The third kappa shape index (κ3) is 3.90. The van der Waals surface area contributed by atoms with Crippen molar-refractivity contribution >= 4 is 11.6 Å². The van der Waals surface area contributed by atoms with E-state index >= 15 is 0 Å². The molecule has 4 heteroatoms. The molecule has 2 aromatic rings. The number of anilines is 1. The third-order valence-corrected chi connectivity index (χ3v) is 3.06. The van der Waals surface area contributed by atoms with Crippen LogP contribution in [0, 0.1) is 5.82 Å². The number of nitrogens with two attached hydrogens (primary N) is 1. The molecule has 0 bridgehead atoms. The van der Waals surface area contributed by atoms with Crippen molar-refractivity contribution in [2.45, 2.75) is 18.9 Å². The lowest BCUT2D eigenvalue weighted by Crippen LogP contribution is -2.36. The van der Waals surface area contributed by atoms with Crippen LogP contribution < -0.4 is 11.1 Å². The molecule has 20 heavy (non-hydrogen) atoms. The second-order valence-corrected chi connectivity index (χ2v) is 4.60. The van der Waals surface area contributed by atoms with Crippen molar-refractivity contribution in [3.63, 3.8) is 0 Å². The lowest BCUT2D eigenvalue weighted by atomic mass is 10.1. The maximum Gasteiger partial charge on any atom is 0.241 e. The van der Waals surface area contributed by atoms with Gasteiger partial charge in [-0.1, -0.05) is 42.5 Å². The maximum atomic E-state index is 13.4. The van der Waals surface area contributed by atoms with Crippen LogP contribution in [0.4, 0.5) is 10.1 Å². The molecular weight excluding hydrogens is 255 g/mol. The molecule has 0 spiro atoms. The molecule has 2 rings (SSSR count). The monoisotopic (exact) mass is 272 g/mol. The highest BCUT2D eigenvalue weighted by atomic mass is 19.1. The van der Waals surface area contributed by atoms with Gasteiger partial charge in [0.1, 0.15) is 5.82 Å². The van der Waals surface area contributed by atoms with Crippen LogP contribution in [0.1, 0.15) is 12.0 Å². The van der Waals surface area contributed by atoms with E-state index in [9.17, 15) is 9.18 Å². The summed E-state index contributed by atoms with van der Waals surface area (Å²) in [5.74, 6) is -0.831. The van der Waals surface area contributed by atoms with E-state index in [-0.39, 0.29) is 11.6 Å². The Kier molecular flexibility index (Phi) is 4.85. The molecule has 0 aliphatic rings. The smallest absolute Gasteiger partial charge is 0.241 e. The van der Waals surface area contributed by atoms with E-state index in [0.29, 0.717) is 12.8 Å². The first kappa shape index (κ1) is 14.2. The van der Waals surface area contributed by atoms with E-state index in [2.05, 4.69) is 5.32 Å². The lowest BCUT2D eigenvalue weighted by Gasteiger charge is -2.12. The molecule has 0 heterocycles. The van der Waals surface area contributed by atoms with E-state index in [0.717, 1.165) is 5.56 Å². The molecule has 0 saturated carbocycles. The molecule has 3 N–H and O–H groups in total. The van der Waals surface area contributed by atoms with E-state index in [1.807, 2.05) is 30.3 Å². The number of carbonyl (C=O) groups excluding carboxylic acids is 1. The molecule has 1 amide bonds. The Morgan fingerprint density at radius 3 is 2.45 bits per heavy atom. The fraction of sp³-hybridized carbons (Fsp3) is 0.188. The number of aryl methyl sites for hydroxylation is 1. The zero-order valence-electron chi connectivity index (χ0n) is 11.1. The Morgan fingerprint density at radius 2 is 1.75 bits per heavy atom. The number of halogens is 1. The van der Waals surface area contributed by atoms with Gasteiger partial charge in [0.05, 0.1) is 11.7 Å². The molecule has 104 valence electrons. The van der Waals surface area contributed by atoms with Crippen molar-refractivity contribution in [3.8, 4) is 0 Å². The minimum Gasteiger partial charge on any atom is -0.322 e. The summed E-state index contributed by atoms with van der Waals surface area (Å²) >= 11 is 0. The van der Waals surface area contributed by atoms with Crippen molar-refractivity contribution in [2.75, 3.05) is 5.32 Å². The van der Waals surface area contributed by atoms with Gasteiger partial charge in [0, 0.05) is 0 Å². The Balaban J connectivity index is 1.88. The van der Waals surface area contributed by atoms with Crippen LogP contribution >= 0.6 is 0 Å². The molecular formula is C16H17FN2O. The second-order valence-electron chi connectivity index (χ2n) is 4.60. The molecule has 1 atom stereocenters. The first-order chi connectivity index (χ1) is 9.66. The van der Waals surface area contributed by atoms with E-state index in [1.54, 1.807) is 12.1 Å². The van der Waals surface area contributed by atoms with Gasteiger partial charge in [-0.2, -0.15) is 0 Å². The van der Waals surface area contributed by atoms with Crippen molar-refractivity contribution in [3.05, 3.63) is 66.0 Å². The fourth-order valence-electron chi connectivity index (χ4n) is 1.89. The number of para-hydroxylation sites is 1. The van der Waals surface area contributed by atoms with Crippen LogP contribution in [-0.2, 0) is 11.2 Å². The van der Waals surface area contributed by atoms with Crippen LogP contribution in [0.15, 0.2) is 54.6 Å². The standard InChI is InChI=1S/C16H17FN2O/c17-13-8-4-5-9-15(13)19-16(20)14(18)11-10-12-6-2-1-3-7-12/h1-9,14H,10-11,18H2,(H,19,20)/t14-/m0/s1. The number of rotatable bonds is 5. The van der Waals surface area contributed by atoms with Crippen molar-refractivity contribution < 1.29 is 9.18 Å². The quantitative estimate of drug-likeness (QED) is 0.879. The van der Waals surface area contributed by atoms with E-state index < -0.39 is 11.9 Å². The topological polar surface area (TPSA) is 55.1 Å². The number of carbonyl (C=O) groups is 1. The zero-order chi connectivity index (χ0) is 14.4. The van der Waals surface area contributed by atoms with Crippen molar-refractivity contribution in [2.24, 2.45) is 5.73 Å². The van der Waals surface area contributed by atoms with Gasteiger partial charge in [-0.15, -0.1) is 0 Å². The summed E-state index contributed by atoms with van der Waals surface area (Å²) in [5.41, 5.74) is 7.11. The maximum absolute atomic E-state index is 13.4. The fourth-order valence-corrected chi connectivity index (χ4v) is 1.89. The summed E-state index contributed by atoms with van der Waals surface area (Å²) in [5, 5.41) is 2.51. The van der Waals surface area contributed by atoms with Gasteiger partial charge in [-0.3, -0.25) is 4.79 Å². The van der Waals surface area contributed by atoms with Crippen molar-refractivity contribution in [1.82, 2.24) is 0 Å². The van der Waals surface area contributed by atoms with Gasteiger partial charge in [-0.25, -0.2) is 4.39 Å². The summed E-state index contributed by atoms with van der Waals surface area (Å²) in [6.07, 6.45) is 1.23. The van der Waals surface area contributed by atoms with Gasteiger partial charge in [-0.05, 0) is 30.5 Å². The Morgan fingerprint density at radius 1 is 1.10 bits per heavy atom. The summed E-state index contributed by atoms with van der Waals surface area (Å²) in [6.45, 7) is 0. The Bertz CT molecular complexity index is 572. The molecule has 0 aromatic heterocycles. The molecule has 0 radical (unpaired) electrons. The van der Waals surface area contributed by atoms with Gasteiger partial charge in [0.2, 0.25) is 5.91 Å². The van der Waals surface area contributed by atoms with Crippen molar-refractivity contribution in [1.29, 1.82) is 0 Å². The second kappa shape index (κ2) is 6.82. The van der Waals surface area contributed by atoms with Crippen LogP contribution in [0.5, 0.6) is 0 Å². The summed E-state index contributed by atoms with van der Waals surface area (Å²) < 4.78 is 13.4. The van der Waals surface area contributed by atoms with Gasteiger partial charge < -0.3 is 11.1 Å². The predicted octanol–water partition coefficient (Wildman–Crippen LogP) is 2.72. The number of benzene rings is 2. The molecule has 0 saturated heterocycles. The van der Waals surface area contributed by atoms with E-state index in [1.165, 1.54) is 12.1 Å². The van der Waals surface area contributed by atoms with Crippen LogP contribution in [0.25, 0.3) is 0 Å². The predicted molar refractivity (Wildman–Crippen MR) is 77.8 cm³/mol.